The number of benzene rings is 1. The molecule has 3 aliphatic rings. The summed E-state index contributed by atoms with van der Waals surface area (Å²) in [5.41, 5.74) is -1.19. The van der Waals surface area contributed by atoms with E-state index in [9.17, 15) is 42.3 Å². The summed E-state index contributed by atoms with van der Waals surface area (Å²) in [6.07, 6.45) is -5.40. The van der Waals surface area contributed by atoms with Crippen LogP contribution in [0.3, 0.4) is 0 Å². The summed E-state index contributed by atoms with van der Waals surface area (Å²) in [4.78, 5) is 76.5. The Morgan fingerprint density at radius 1 is 1.04 bits per heavy atom. The molecule has 250 valence electrons. The smallest absolute Gasteiger partial charge is 0.491 e. The molecule has 46 heavy (non-hydrogen) atoms. The molecule has 1 aromatic rings. The number of ketones is 2. The van der Waals surface area contributed by atoms with Crippen LogP contribution in [0.25, 0.3) is 0 Å². The normalized spacial score (nSPS) is 24.5. The van der Waals surface area contributed by atoms with Crippen LogP contribution in [0.15, 0.2) is 47.6 Å². The van der Waals surface area contributed by atoms with E-state index in [1.807, 2.05) is 0 Å². The minimum atomic E-state index is -5.49. The van der Waals surface area contributed by atoms with Gasteiger partial charge in [0.25, 0.3) is 0 Å². The van der Waals surface area contributed by atoms with Crippen LogP contribution < -0.4 is 10.7 Å². The second-order valence-corrected chi connectivity index (χ2v) is 12.2. The number of esters is 1. The summed E-state index contributed by atoms with van der Waals surface area (Å²) in [5.74, 6) is -11.4. The second-order valence-electron chi connectivity index (χ2n) is 12.2. The molecule has 0 saturated carbocycles. The van der Waals surface area contributed by atoms with Gasteiger partial charge >= 0.3 is 24.2 Å². The van der Waals surface area contributed by atoms with E-state index in [-0.39, 0.29) is 30.7 Å². The molecule has 3 N–H and O–H groups in total. The zero-order chi connectivity index (χ0) is 34.2. The summed E-state index contributed by atoms with van der Waals surface area (Å²) >= 11 is 0. The topological polar surface area (TPSA) is 170 Å². The fraction of sp³-hybridized carbons (Fsp3) is 0.500. The molecule has 1 saturated heterocycles. The van der Waals surface area contributed by atoms with E-state index < -0.39 is 82.0 Å². The van der Waals surface area contributed by atoms with Crippen LogP contribution in [0.5, 0.6) is 0 Å². The number of allylic oxidation sites excluding steroid dienone is 3. The van der Waals surface area contributed by atoms with Gasteiger partial charge in [0.15, 0.2) is 17.3 Å². The SMILES string of the molecule is CC(C)[C@]1(NC(=O)OC(C)(C)C)C(=O)OOCCCCN1NC1=C(OC(=O)C(F)(F)F)C=C(O)C2C(=O)c3ccccc3C(=O)C12. The molecule has 2 unspecified atom stereocenters. The number of hydrogen-bond donors (Lipinski definition) is 3. The molecule has 0 radical (unpaired) electrons. The van der Waals surface area contributed by atoms with Crippen molar-refractivity contribution in [1.29, 1.82) is 0 Å². The molecule has 1 heterocycles. The largest absolute Gasteiger partial charge is 0.511 e. The van der Waals surface area contributed by atoms with Gasteiger partial charge in [-0.3, -0.25) is 19.8 Å². The van der Waals surface area contributed by atoms with E-state index >= 15 is 0 Å². The minimum Gasteiger partial charge on any atom is -0.511 e. The number of hydrogen-bond acceptors (Lipinski definition) is 12. The van der Waals surface area contributed by atoms with Crippen LogP contribution in [0.1, 0.15) is 68.2 Å². The van der Waals surface area contributed by atoms with E-state index in [4.69, 9.17) is 14.5 Å². The lowest BCUT2D eigenvalue weighted by Crippen LogP contribution is -2.72. The van der Waals surface area contributed by atoms with Crippen LogP contribution in [-0.2, 0) is 28.8 Å². The number of Topliss-reactive ketones (excluding diaryl/α,β-unsaturated/α-hetero) is 2. The van der Waals surface area contributed by atoms with E-state index in [1.165, 1.54) is 38.1 Å². The van der Waals surface area contributed by atoms with Crippen LogP contribution >= 0.6 is 0 Å². The Kier molecular flexibility index (Phi) is 9.54. The number of aliphatic hydroxyl groups is 1. The van der Waals surface area contributed by atoms with Gasteiger partial charge in [0.1, 0.15) is 11.4 Å². The quantitative estimate of drug-likeness (QED) is 0.309. The van der Waals surface area contributed by atoms with E-state index in [1.54, 1.807) is 20.8 Å². The van der Waals surface area contributed by atoms with Gasteiger partial charge in [-0.1, -0.05) is 38.1 Å². The lowest BCUT2D eigenvalue weighted by Gasteiger charge is -2.46. The number of alkyl carbamates (subject to hydrolysis) is 1. The third-order valence-corrected chi connectivity index (χ3v) is 7.48. The predicted octanol–water partition coefficient (Wildman–Crippen LogP) is 4.02. The fourth-order valence-corrected chi connectivity index (χ4v) is 5.41. The highest BCUT2D eigenvalue weighted by atomic mass is 19.4. The van der Waals surface area contributed by atoms with Crippen molar-refractivity contribution in [2.75, 3.05) is 13.2 Å². The number of carbonyl (C=O) groups is 5. The van der Waals surface area contributed by atoms with Crippen LogP contribution in [0, 0.1) is 17.8 Å². The first-order valence-electron chi connectivity index (χ1n) is 14.4. The minimum absolute atomic E-state index is 0.0321. The zero-order valence-corrected chi connectivity index (χ0v) is 25.6. The van der Waals surface area contributed by atoms with E-state index in [0.717, 1.165) is 5.01 Å². The van der Waals surface area contributed by atoms with Gasteiger partial charge in [-0.15, -0.1) is 0 Å². The Morgan fingerprint density at radius 3 is 2.22 bits per heavy atom. The Balaban J connectivity index is 1.93. The predicted molar refractivity (Wildman–Crippen MR) is 150 cm³/mol. The lowest BCUT2D eigenvalue weighted by atomic mass is 9.69. The summed E-state index contributed by atoms with van der Waals surface area (Å²) in [6.45, 7) is 7.59. The number of carbonyl (C=O) groups excluding carboxylic acids is 5. The molecule has 0 spiro atoms. The maximum absolute atomic E-state index is 13.9. The molecule has 1 fully saturated rings. The first kappa shape index (κ1) is 34.4. The molecule has 1 aliphatic heterocycles. The molecule has 0 bridgehead atoms. The number of ether oxygens (including phenoxy) is 2. The van der Waals surface area contributed by atoms with E-state index in [2.05, 4.69) is 15.5 Å². The third kappa shape index (κ3) is 6.72. The average molecular weight is 654 g/mol. The number of halogens is 3. The molecule has 1 aromatic carbocycles. The van der Waals surface area contributed by atoms with Crippen molar-refractivity contribution in [2.45, 2.75) is 64.9 Å². The first-order valence-corrected chi connectivity index (χ1v) is 14.4. The molecule has 2 aliphatic carbocycles. The van der Waals surface area contributed by atoms with Gasteiger partial charge < -0.3 is 20.0 Å². The van der Waals surface area contributed by atoms with Crippen LogP contribution in [0.4, 0.5) is 18.0 Å². The average Bonchev–Trinajstić information content (AvgIpc) is 3.01. The number of hydrazine groups is 1. The van der Waals surface area contributed by atoms with Crippen molar-refractivity contribution in [3.8, 4) is 0 Å². The number of amides is 1. The lowest BCUT2D eigenvalue weighted by molar-refractivity contribution is -0.283. The Labute approximate surface area is 261 Å². The van der Waals surface area contributed by atoms with E-state index in [0.29, 0.717) is 12.5 Å². The van der Waals surface area contributed by atoms with Crippen LogP contribution in [-0.4, -0.2) is 70.3 Å². The number of aliphatic hydroxyl groups excluding tert-OH is 1. The first-order chi connectivity index (χ1) is 21.4. The van der Waals surface area contributed by atoms with Crippen molar-refractivity contribution in [3.05, 3.63) is 58.7 Å². The van der Waals surface area contributed by atoms with Crippen molar-refractivity contribution in [3.63, 3.8) is 0 Å². The maximum atomic E-state index is 13.9. The number of alkyl halides is 3. The highest BCUT2D eigenvalue weighted by Gasteiger charge is 2.55. The zero-order valence-electron chi connectivity index (χ0n) is 25.6. The fourth-order valence-electron chi connectivity index (χ4n) is 5.41. The van der Waals surface area contributed by atoms with Gasteiger partial charge in [0.05, 0.1) is 24.1 Å². The molecule has 0 aromatic heterocycles. The van der Waals surface area contributed by atoms with Gasteiger partial charge in [-0.05, 0) is 33.6 Å². The van der Waals surface area contributed by atoms with Crippen LogP contribution in [0.2, 0.25) is 0 Å². The number of rotatable bonds is 5. The number of nitrogens with zero attached hydrogens (tertiary/aromatic N) is 1. The molecule has 16 heteroatoms. The second kappa shape index (κ2) is 12.7. The Bertz CT molecular complexity index is 1500. The van der Waals surface area contributed by atoms with Gasteiger partial charge in [0, 0.05) is 29.7 Å². The molecular weight excluding hydrogens is 619 g/mol. The molecule has 13 nitrogen and oxygen atoms in total. The maximum Gasteiger partial charge on any atom is 0.491 e. The third-order valence-electron chi connectivity index (χ3n) is 7.48. The molecule has 3 atom stereocenters. The van der Waals surface area contributed by atoms with Crippen molar-refractivity contribution >= 4 is 29.6 Å². The summed E-state index contributed by atoms with van der Waals surface area (Å²) < 4.78 is 50.2. The van der Waals surface area contributed by atoms with Gasteiger partial charge in [-0.2, -0.15) is 23.1 Å². The van der Waals surface area contributed by atoms with Crippen molar-refractivity contribution in [2.24, 2.45) is 17.8 Å². The molecule has 1 amide bonds. The Morgan fingerprint density at radius 2 is 1.65 bits per heavy atom. The highest BCUT2D eigenvalue weighted by Crippen LogP contribution is 2.43. The number of fused-ring (bicyclic) bond motifs is 2. The molecular formula is C30H34F3N3O10. The van der Waals surface area contributed by atoms with Crippen molar-refractivity contribution in [1.82, 2.24) is 15.8 Å². The standard InChI is InChI=1S/C30H34F3N3O10/c1-15(2)29(34-27(42)45-28(3,4)5)25(40)46-43-13-9-8-12-36(29)35-22-19(44-26(41)30(31,32)33)14-18(37)20-21(22)24(39)17-11-7-6-10-16(17)23(20)38/h6-7,10-11,14-15,20-21,35,37H,8-9,12-13H2,1-5H3,(H,34,42)/t20?,21?,29-/m1/s1. The Hall–Kier alpha value is -4.44. The summed E-state index contributed by atoms with van der Waals surface area (Å²) in [6, 6.07) is 5.66. The van der Waals surface area contributed by atoms with Gasteiger partial charge in [0.2, 0.25) is 5.66 Å². The van der Waals surface area contributed by atoms with Gasteiger partial charge in [-0.25, -0.2) is 14.4 Å². The summed E-state index contributed by atoms with van der Waals surface area (Å²) in [7, 11) is 0. The molecule has 4 rings (SSSR count). The number of nitrogens with one attached hydrogen (secondary N) is 2. The monoisotopic (exact) mass is 653 g/mol. The summed E-state index contributed by atoms with van der Waals surface area (Å²) in [5, 5.41) is 14.5. The highest BCUT2D eigenvalue weighted by molar-refractivity contribution is 6.18. The van der Waals surface area contributed by atoms with Crippen molar-refractivity contribution < 1.29 is 61.5 Å².